The molecule has 0 aliphatic carbocycles. The zero-order valence-corrected chi connectivity index (χ0v) is 21.7. The highest BCUT2D eigenvalue weighted by Gasteiger charge is 2.22. The first kappa shape index (κ1) is 25.8. The van der Waals surface area contributed by atoms with E-state index in [9.17, 15) is 10.1 Å². The van der Waals surface area contributed by atoms with Gasteiger partial charge >= 0.3 is 0 Å². The zero-order chi connectivity index (χ0) is 27.0. The highest BCUT2D eigenvalue weighted by molar-refractivity contribution is 5.80. The number of aryl methyl sites for hydroxylation is 1. The van der Waals surface area contributed by atoms with Gasteiger partial charge in [0.1, 0.15) is 0 Å². The predicted molar refractivity (Wildman–Crippen MR) is 154 cm³/mol. The number of rotatable bonds is 9. The number of benzene rings is 3. The molecule has 3 aromatic carbocycles. The Labute approximate surface area is 227 Å². The standard InChI is InChI=1S/C29H30N8O2/c1-21-7-11-25(12-8-21)31-27-32-28(35-30-20-24-9-13-26(14-10-24)37(38)39)34-29(33-27)36-17-15-23(16-18-36)19-22-5-3-2-4-6-22/h2-14,20,23H,15-19H2,1H3,(H2,31,32,33,34,35)/b30-20+. The molecule has 0 saturated carbocycles. The highest BCUT2D eigenvalue weighted by Crippen LogP contribution is 2.26. The van der Waals surface area contributed by atoms with Crippen LogP contribution in [0.15, 0.2) is 84.0 Å². The topological polar surface area (TPSA) is 121 Å². The third-order valence-corrected chi connectivity index (χ3v) is 6.68. The zero-order valence-electron chi connectivity index (χ0n) is 21.7. The Hall–Kier alpha value is -4.86. The number of nitrogens with one attached hydrogen (secondary N) is 2. The SMILES string of the molecule is Cc1ccc(Nc2nc(N/N=C/c3ccc([N+](=O)[O-])cc3)nc(N3CCC(Cc4ccccc4)CC3)n2)cc1. The summed E-state index contributed by atoms with van der Waals surface area (Å²) in [6, 6.07) is 24.8. The van der Waals surface area contributed by atoms with Gasteiger partial charge in [0.05, 0.1) is 11.1 Å². The van der Waals surface area contributed by atoms with E-state index in [-0.39, 0.29) is 5.69 Å². The van der Waals surface area contributed by atoms with E-state index in [4.69, 9.17) is 4.98 Å². The minimum atomic E-state index is -0.432. The largest absolute Gasteiger partial charge is 0.341 e. The van der Waals surface area contributed by atoms with Crippen molar-refractivity contribution in [3.05, 3.63) is 106 Å². The molecule has 1 saturated heterocycles. The van der Waals surface area contributed by atoms with Crippen molar-refractivity contribution in [2.75, 3.05) is 28.7 Å². The maximum atomic E-state index is 10.9. The normalized spacial score (nSPS) is 13.9. The van der Waals surface area contributed by atoms with E-state index in [0.717, 1.165) is 43.6 Å². The van der Waals surface area contributed by atoms with Crippen molar-refractivity contribution in [3.8, 4) is 0 Å². The number of hydrogen-bond donors (Lipinski definition) is 2. The number of hydrogen-bond acceptors (Lipinski definition) is 9. The predicted octanol–water partition coefficient (Wildman–Crippen LogP) is 5.74. The molecule has 2 N–H and O–H groups in total. The van der Waals surface area contributed by atoms with Crippen LogP contribution < -0.4 is 15.6 Å². The first-order valence-corrected chi connectivity index (χ1v) is 12.9. The summed E-state index contributed by atoms with van der Waals surface area (Å²) in [6.07, 6.45) is 4.76. The fourth-order valence-electron chi connectivity index (χ4n) is 4.51. The molecular formula is C29H30N8O2. The summed E-state index contributed by atoms with van der Waals surface area (Å²) < 4.78 is 0. The van der Waals surface area contributed by atoms with Gasteiger partial charge in [0.15, 0.2) is 0 Å². The third-order valence-electron chi connectivity index (χ3n) is 6.68. The van der Waals surface area contributed by atoms with Crippen molar-refractivity contribution >= 4 is 35.4 Å². The van der Waals surface area contributed by atoms with Crippen molar-refractivity contribution in [3.63, 3.8) is 0 Å². The van der Waals surface area contributed by atoms with Crippen LogP contribution in [0.2, 0.25) is 0 Å². The second-order valence-electron chi connectivity index (χ2n) is 9.61. The van der Waals surface area contributed by atoms with E-state index in [0.29, 0.717) is 29.3 Å². The molecule has 10 heteroatoms. The smallest absolute Gasteiger partial charge is 0.269 e. The Bertz CT molecular complexity index is 1420. The van der Waals surface area contributed by atoms with Gasteiger partial charge in [-0.1, -0.05) is 48.0 Å². The van der Waals surface area contributed by atoms with E-state index < -0.39 is 4.92 Å². The number of hydrazone groups is 1. The lowest BCUT2D eigenvalue weighted by molar-refractivity contribution is -0.384. The fourth-order valence-corrected chi connectivity index (χ4v) is 4.51. The molecule has 198 valence electrons. The minimum absolute atomic E-state index is 0.0292. The first-order valence-electron chi connectivity index (χ1n) is 12.9. The number of anilines is 4. The molecule has 10 nitrogen and oxygen atoms in total. The average Bonchev–Trinajstić information content (AvgIpc) is 2.95. The van der Waals surface area contributed by atoms with E-state index in [2.05, 4.69) is 61.0 Å². The summed E-state index contributed by atoms with van der Waals surface area (Å²) in [5.41, 5.74) is 7.04. The van der Waals surface area contributed by atoms with Gasteiger partial charge in [0, 0.05) is 30.9 Å². The number of non-ortho nitro benzene ring substituents is 1. The Morgan fingerprint density at radius 2 is 1.64 bits per heavy atom. The first-order chi connectivity index (χ1) is 19.0. The Morgan fingerprint density at radius 3 is 2.33 bits per heavy atom. The van der Waals surface area contributed by atoms with Crippen LogP contribution in [0, 0.1) is 23.0 Å². The van der Waals surface area contributed by atoms with E-state index in [1.54, 1.807) is 18.3 Å². The van der Waals surface area contributed by atoms with Gasteiger partial charge in [-0.05, 0) is 67.5 Å². The van der Waals surface area contributed by atoms with Crippen molar-refractivity contribution in [1.82, 2.24) is 15.0 Å². The van der Waals surface area contributed by atoms with Gasteiger partial charge in [0.25, 0.3) is 5.69 Å². The van der Waals surface area contributed by atoms with Gasteiger partial charge in [-0.25, -0.2) is 5.43 Å². The Kier molecular flexibility index (Phi) is 8.01. The van der Waals surface area contributed by atoms with E-state index >= 15 is 0 Å². The molecule has 39 heavy (non-hydrogen) atoms. The van der Waals surface area contributed by atoms with Crippen LogP contribution in [0.3, 0.4) is 0 Å². The summed E-state index contributed by atoms with van der Waals surface area (Å²) in [4.78, 5) is 26.5. The summed E-state index contributed by atoms with van der Waals surface area (Å²) in [6.45, 7) is 3.76. The molecule has 0 amide bonds. The van der Waals surface area contributed by atoms with Crippen LogP contribution in [-0.2, 0) is 6.42 Å². The Morgan fingerprint density at radius 1 is 0.949 bits per heavy atom. The molecule has 1 aromatic heterocycles. The van der Waals surface area contributed by atoms with Crippen LogP contribution in [0.1, 0.15) is 29.5 Å². The summed E-state index contributed by atoms with van der Waals surface area (Å²) in [7, 11) is 0. The molecule has 0 atom stereocenters. The summed E-state index contributed by atoms with van der Waals surface area (Å²) >= 11 is 0. The van der Waals surface area contributed by atoms with Crippen molar-refractivity contribution < 1.29 is 4.92 Å². The van der Waals surface area contributed by atoms with Crippen LogP contribution in [-0.4, -0.2) is 39.2 Å². The van der Waals surface area contributed by atoms with Gasteiger partial charge in [0.2, 0.25) is 17.8 Å². The van der Waals surface area contributed by atoms with Crippen molar-refractivity contribution in [2.45, 2.75) is 26.2 Å². The van der Waals surface area contributed by atoms with Crippen LogP contribution in [0.25, 0.3) is 0 Å². The molecule has 0 unspecified atom stereocenters. The van der Waals surface area contributed by atoms with E-state index in [1.807, 2.05) is 31.2 Å². The quantitative estimate of drug-likeness (QED) is 0.162. The average molecular weight is 523 g/mol. The van der Waals surface area contributed by atoms with Crippen LogP contribution in [0.5, 0.6) is 0 Å². The molecule has 0 bridgehead atoms. The lowest BCUT2D eigenvalue weighted by atomic mass is 9.90. The third kappa shape index (κ3) is 7.13. The van der Waals surface area contributed by atoms with Crippen LogP contribution >= 0.6 is 0 Å². The number of aromatic nitrogens is 3. The maximum absolute atomic E-state index is 10.9. The molecule has 1 aliphatic rings. The van der Waals surface area contributed by atoms with E-state index in [1.165, 1.54) is 17.7 Å². The van der Waals surface area contributed by atoms with Crippen molar-refractivity contribution in [2.24, 2.45) is 11.0 Å². The molecule has 5 rings (SSSR count). The van der Waals surface area contributed by atoms with Crippen LogP contribution in [0.4, 0.5) is 29.2 Å². The molecule has 2 heterocycles. The monoisotopic (exact) mass is 522 g/mol. The lowest BCUT2D eigenvalue weighted by Gasteiger charge is -2.32. The summed E-state index contributed by atoms with van der Waals surface area (Å²) in [5, 5.41) is 18.4. The molecule has 1 aliphatic heterocycles. The second-order valence-corrected chi connectivity index (χ2v) is 9.61. The number of piperidine rings is 1. The molecule has 0 radical (unpaired) electrons. The highest BCUT2D eigenvalue weighted by atomic mass is 16.6. The number of nitro groups is 1. The van der Waals surface area contributed by atoms with Gasteiger partial charge in [-0.3, -0.25) is 10.1 Å². The molecule has 4 aromatic rings. The summed E-state index contributed by atoms with van der Waals surface area (Å²) in [5.74, 6) is 1.94. The Balaban J connectivity index is 1.30. The van der Waals surface area contributed by atoms with Gasteiger partial charge in [-0.15, -0.1) is 0 Å². The second kappa shape index (κ2) is 12.1. The molecule has 1 fully saturated rings. The number of nitrogens with zero attached hydrogens (tertiary/aromatic N) is 6. The van der Waals surface area contributed by atoms with Crippen molar-refractivity contribution in [1.29, 1.82) is 0 Å². The minimum Gasteiger partial charge on any atom is -0.341 e. The fraction of sp³-hybridized carbons (Fsp3) is 0.241. The molecule has 0 spiro atoms. The maximum Gasteiger partial charge on any atom is 0.269 e. The van der Waals surface area contributed by atoms with Gasteiger partial charge < -0.3 is 10.2 Å². The molecular weight excluding hydrogens is 492 g/mol. The number of nitro benzene ring substituents is 1. The lowest BCUT2D eigenvalue weighted by Crippen LogP contribution is -2.35. The van der Waals surface area contributed by atoms with Gasteiger partial charge in [-0.2, -0.15) is 20.1 Å².